The highest BCUT2D eigenvalue weighted by molar-refractivity contribution is 6.04. The Morgan fingerprint density at radius 3 is 2.61 bits per heavy atom. The van der Waals surface area contributed by atoms with Crippen LogP contribution in [-0.2, 0) is 0 Å². The van der Waals surface area contributed by atoms with E-state index in [0.717, 1.165) is 17.0 Å². The minimum absolute atomic E-state index is 0.163. The number of rotatable bonds is 5. The number of phenols is 1. The highest BCUT2D eigenvalue weighted by Crippen LogP contribution is 2.34. The van der Waals surface area contributed by atoms with Gasteiger partial charge >= 0.3 is 0 Å². The monoisotopic (exact) mass is 541 g/mol. The molecule has 10 heteroatoms. The van der Waals surface area contributed by atoms with Gasteiger partial charge in [0.1, 0.15) is 17.3 Å². The zero-order chi connectivity index (χ0) is 27.9. The quantitative estimate of drug-likeness (QED) is 0.201. The number of pyridine rings is 2. The molecule has 7 aromatic rings. The average molecular weight is 542 g/mol. The number of fused-ring (bicyclic) bond motifs is 2. The molecule has 0 bridgehead atoms. The van der Waals surface area contributed by atoms with Crippen LogP contribution >= 0.6 is 0 Å². The minimum Gasteiger partial charge on any atom is -0.508 e. The second kappa shape index (κ2) is 9.69. The van der Waals surface area contributed by atoms with E-state index in [0.29, 0.717) is 56.2 Å². The summed E-state index contributed by atoms with van der Waals surface area (Å²) in [5.74, 6) is -0.421. The fourth-order valence-electron chi connectivity index (χ4n) is 4.80. The SMILES string of the molecule is O=C(Nc1cncc(-c2cc3c(-c4nc5c(-c6cc(O)cc(F)c6)cccc5[nH]4)n[nH]c3cn2)c1)c1ccccc1. The van der Waals surface area contributed by atoms with Gasteiger partial charge in [0.25, 0.3) is 5.91 Å². The molecule has 198 valence electrons. The van der Waals surface area contributed by atoms with Crippen LogP contribution in [0.5, 0.6) is 5.75 Å². The maximum atomic E-state index is 14.0. The van der Waals surface area contributed by atoms with Crippen LogP contribution < -0.4 is 5.32 Å². The number of para-hydroxylation sites is 1. The molecular formula is C31H20FN7O2. The Morgan fingerprint density at radius 2 is 1.76 bits per heavy atom. The van der Waals surface area contributed by atoms with Gasteiger partial charge in [-0.25, -0.2) is 9.37 Å². The number of amides is 1. The van der Waals surface area contributed by atoms with Crippen LogP contribution in [-0.4, -0.2) is 41.1 Å². The zero-order valence-electron chi connectivity index (χ0n) is 21.3. The molecular weight excluding hydrogens is 521 g/mol. The standard InChI is InChI=1S/C31H20FN7O2/c32-20-9-18(11-22(40)12-20)23-7-4-8-25-28(23)37-30(36-25)29-24-13-26(34-16-27(24)38-39-29)19-10-21(15-33-14-19)35-31(41)17-5-2-1-3-6-17/h1-16,40H,(H,35,41)(H,36,37)(H,38,39). The fourth-order valence-corrected chi connectivity index (χ4v) is 4.80. The average Bonchev–Trinajstić information content (AvgIpc) is 3.61. The van der Waals surface area contributed by atoms with E-state index in [1.807, 2.05) is 36.4 Å². The molecule has 0 fully saturated rings. The topological polar surface area (TPSA) is 132 Å². The molecule has 4 heterocycles. The van der Waals surface area contributed by atoms with Crippen molar-refractivity contribution in [2.45, 2.75) is 0 Å². The van der Waals surface area contributed by atoms with Crippen molar-refractivity contribution in [1.82, 2.24) is 30.1 Å². The van der Waals surface area contributed by atoms with Crippen molar-refractivity contribution in [1.29, 1.82) is 0 Å². The lowest BCUT2D eigenvalue weighted by atomic mass is 10.0. The third-order valence-corrected chi connectivity index (χ3v) is 6.71. The second-order valence-electron chi connectivity index (χ2n) is 9.46. The van der Waals surface area contributed by atoms with Crippen LogP contribution in [0.15, 0.2) is 97.5 Å². The minimum atomic E-state index is -0.538. The van der Waals surface area contributed by atoms with E-state index >= 15 is 0 Å². The van der Waals surface area contributed by atoms with Crippen molar-refractivity contribution in [3.05, 3.63) is 109 Å². The number of hydrogen-bond donors (Lipinski definition) is 4. The van der Waals surface area contributed by atoms with Gasteiger partial charge in [0.15, 0.2) is 5.82 Å². The summed E-state index contributed by atoms with van der Waals surface area (Å²) in [6, 6.07) is 22.1. The smallest absolute Gasteiger partial charge is 0.255 e. The zero-order valence-corrected chi connectivity index (χ0v) is 21.3. The fraction of sp³-hybridized carbons (Fsp3) is 0. The van der Waals surface area contributed by atoms with E-state index in [1.54, 1.807) is 42.9 Å². The molecule has 0 aliphatic heterocycles. The number of hydrogen-bond acceptors (Lipinski definition) is 6. The summed E-state index contributed by atoms with van der Waals surface area (Å²) in [6.45, 7) is 0. The Hall–Kier alpha value is -5.90. The lowest BCUT2D eigenvalue weighted by Gasteiger charge is -2.07. The molecule has 3 aromatic carbocycles. The molecule has 0 aliphatic rings. The molecule has 0 saturated heterocycles. The molecule has 41 heavy (non-hydrogen) atoms. The van der Waals surface area contributed by atoms with Crippen LogP contribution in [0, 0.1) is 5.82 Å². The molecule has 0 aliphatic carbocycles. The number of anilines is 1. The van der Waals surface area contributed by atoms with Crippen LogP contribution in [0.25, 0.3) is 55.8 Å². The Balaban J connectivity index is 1.25. The first-order valence-corrected chi connectivity index (χ1v) is 12.7. The largest absolute Gasteiger partial charge is 0.508 e. The van der Waals surface area contributed by atoms with Crippen molar-refractivity contribution in [2.24, 2.45) is 0 Å². The Bertz CT molecular complexity index is 2070. The number of H-pyrrole nitrogens is 2. The number of carbonyl (C=O) groups excluding carboxylic acids is 1. The summed E-state index contributed by atoms with van der Waals surface area (Å²) in [7, 11) is 0. The molecule has 9 nitrogen and oxygen atoms in total. The van der Waals surface area contributed by atoms with Crippen molar-refractivity contribution in [3.63, 3.8) is 0 Å². The molecule has 0 unspecified atom stereocenters. The van der Waals surface area contributed by atoms with Gasteiger partial charge < -0.3 is 15.4 Å². The normalized spacial score (nSPS) is 11.2. The summed E-state index contributed by atoms with van der Waals surface area (Å²) >= 11 is 0. The summed E-state index contributed by atoms with van der Waals surface area (Å²) in [4.78, 5) is 29.6. The Morgan fingerprint density at radius 1 is 0.878 bits per heavy atom. The van der Waals surface area contributed by atoms with E-state index in [-0.39, 0.29) is 11.7 Å². The maximum absolute atomic E-state index is 14.0. The highest BCUT2D eigenvalue weighted by Gasteiger charge is 2.17. The first-order valence-electron chi connectivity index (χ1n) is 12.7. The molecule has 4 aromatic heterocycles. The van der Waals surface area contributed by atoms with Crippen LogP contribution in [0.1, 0.15) is 10.4 Å². The lowest BCUT2D eigenvalue weighted by Crippen LogP contribution is -2.11. The third-order valence-electron chi connectivity index (χ3n) is 6.71. The molecule has 0 radical (unpaired) electrons. The van der Waals surface area contributed by atoms with Gasteiger partial charge in [0.05, 0.1) is 40.3 Å². The van der Waals surface area contributed by atoms with Crippen molar-refractivity contribution < 1.29 is 14.3 Å². The number of aromatic nitrogens is 6. The number of aromatic amines is 2. The van der Waals surface area contributed by atoms with Crippen molar-refractivity contribution >= 4 is 33.5 Å². The van der Waals surface area contributed by atoms with Gasteiger partial charge in [0.2, 0.25) is 0 Å². The Labute approximate surface area is 231 Å². The van der Waals surface area contributed by atoms with E-state index in [2.05, 4.69) is 30.5 Å². The Kier molecular flexibility index (Phi) is 5.71. The van der Waals surface area contributed by atoms with Gasteiger partial charge in [-0.3, -0.25) is 19.9 Å². The van der Waals surface area contributed by atoms with E-state index in [1.165, 1.54) is 12.1 Å². The number of phenolic OH excluding ortho intramolecular Hbond substituents is 1. The van der Waals surface area contributed by atoms with Crippen LogP contribution in [0.3, 0.4) is 0 Å². The summed E-state index contributed by atoms with van der Waals surface area (Å²) in [6.07, 6.45) is 4.93. The number of halogens is 1. The van der Waals surface area contributed by atoms with Gasteiger partial charge in [0, 0.05) is 34.3 Å². The summed E-state index contributed by atoms with van der Waals surface area (Å²) in [5.41, 5.74) is 6.25. The van der Waals surface area contributed by atoms with Crippen LogP contribution in [0.4, 0.5) is 10.1 Å². The predicted molar refractivity (Wildman–Crippen MR) is 154 cm³/mol. The molecule has 4 N–H and O–H groups in total. The summed E-state index contributed by atoms with van der Waals surface area (Å²) in [5, 5.41) is 21.1. The van der Waals surface area contributed by atoms with Gasteiger partial charge in [-0.1, -0.05) is 30.3 Å². The molecule has 0 saturated carbocycles. The third kappa shape index (κ3) is 4.53. The van der Waals surface area contributed by atoms with Gasteiger partial charge in [-0.2, -0.15) is 5.10 Å². The number of carbonyl (C=O) groups is 1. The van der Waals surface area contributed by atoms with Crippen molar-refractivity contribution in [2.75, 3.05) is 5.32 Å². The molecule has 0 atom stereocenters. The van der Waals surface area contributed by atoms with Gasteiger partial charge in [-0.05, 0) is 48.0 Å². The maximum Gasteiger partial charge on any atom is 0.255 e. The number of benzene rings is 3. The van der Waals surface area contributed by atoms with Crippen LogP contribution in [0.2, 0.25) is 0 Å². The second-order valence-corrected chi connectivity index (χ2v) is 9.46. The van der Waals surface area contributed by atoms with Crippen molar-refractivity contribution in [3.8, 4) is 39.7 Å². The predicted octanol–water partition coefficient (Wildman–Crippen LogP) is 6.33. The van der Waals surface area contributed by atoms with Gasteiger partial charge in [-0.15, -0.1) is 0 Å². The molecule has 1 amide bonds. The number of nitrogens with zero attached hydrogens (tertiary/aromatic N) is 4. The molecule has 7 rings (SSSR count). The van der Waals surface area contributed by atoms with E-state index < -0.39 is 5.82 Å². The molecule has 0 spiro atoms. The van der Waals surface area contributed by atoms with E-state index in [9.17, 15) is 14.3 Å². The number of imidazole rings is 1. The summed E-state index contributed by atoms with van der Waals surface area (Å²) < 4.78 is 14.0. The first-order chi connectivity index (χ1) is 20.0. The lowest BCUT2D eigenvalue weighted by molar-refractivity contribution is 0.102. The highest BCUT2D eigenvalue weighted by atomic mass is 19.1. The number of nitrogens with one attached hydrogen (secondary N) is 3. The van der Waals surface area contributed by atoms with E-state index in [4.69, 9.17) is 4.98 Å². The number of aromatic hydroxyl groups is 1. The first kappa shape index (κ1) is 24.2.